The molecule has 1 heterocycles. The first-order chi connectivity index (χ1) is 8.74. The van der Waals surface area contributed by atoms with Gasteiger partial charge in [-0.2, -0.15) is 0 Å². The molecule has 0 spiro atoms. The fraction of sp³-hybridized carbons (Fsp3) is 0.308. The third-order valence-electron chi connectivity index (χ3n) is 2.95. The van der Waals surface area contributed by atoms with Crippen LogP contribution in [0.3, 0.4) is 0 Å². The van der Waals surface area contributed by atoms with E-state index in [1.165, 1.54) is 6.07 Å². The van der Waals surface area contributed by atoms with Crippen LogP contribution in [-0.4, -0.2) is 11.0 Å². The second-order valence-electron chi connectivity index (χ2n) is 4.41. The van der Waals surface area contributed by atoms with Crippen molar-refractivity contribution >= 4 is 27.3 Å². The van der Waals surface area contributed by atoms with Crippen LogP contribution in [0, 0.1) is 5.82 Å². The molecular weight excluding hydrogens is 315 g/mol. The number of halogens is 2. The van der Waals surface area contributed by atoms with E-state index in [2.05, 4.69) is 26.2 Å². The Kier molecular flexibility index (Phi) is 3.46. The molecule has 1 atom stereocenters. The Balaban J connectivity index is 1.98. The Labute approximate surface area is 117 Å². The molecule has 0 radical (unpaired) electrons. The van der Waals surface area contributed by atoms with Crippen molar-refractivity contribution in [3.05, 3.63) is 50.6 Å². The fourth-order valence-electron chi connectivity index (χ4n) is 1.89. The second-order valence-corrected chi connectivity index (χ2v) is 6.25. The van der Waals surface area contributed by atoms with E-state index >= 15 is 0 Å². The van der Waals surface area contributed by atoms with Gasteiger partial charge in [0.25, 0.3) is 0 Å². The largest absolute Gasteiger partial charge is 0.301 e. The van der Waals surface area contributed by atoms with Gasteiger partial charge in [0.2, 0.25) is 0 Å². The van der Waals surface area contributed by atoms with Crippen LogP contribution in [-0.2, 0) is 0 Å². The summed E-state index contributed by atoms with van der Waals surface area (Å²) in [6.07, 6.45) is 4.09. The Morgan fingerprint density at radius 3 is 2.94 bits per heavy atom. The number of hydrogen-bond acceptors (Lipinski definition) is 3. The highest BCUT2D eigenvalue weighted by atomic mass is 79.9. The van der Waals surface area contributed by atoms with Gasteiger partial charge in [0.1, 0.15) is 10.8 Å². The Morgan fingerprint density at radius 2 is 2.28 bits per heavy atom. The summed E-state index contributed by atoms with van der Waals surface area (Å²) in [4.78, 5) is 4.32. The van der Waals surface area contributed by atoms with Crippen molar-refractivity contribution in [3.8, 4) is 0 Å². The van der Waals surface area contributed by atoms with Gasteiger partial charge in [-0.15, -0.1) is 11.3 Å². The molecule has 1 N–H and O–H groups in total. The molecule has 1 aromatic heterocycles. The van der Waals surface area contributed by atoms with E-state index in [0.29, 0.717) is 11.6 Å². The third-order valence-corrected chi connectivity index (χ3v) is 4.28. The maximum atomic E-state index is 14.0. The lowest BCUT2D eigenvalue weighted by molar-refractivity contribution is 0.544. The molecule has 1 aromatic carbocycles. The highest BCUT2D eigenvalue weighted by Crippen LogP contribution is 2.32. The van der Waals surface area contributed by atoms with Crippen LogP contribution in [0.25, 0.3) is 0 Å². The lowest BCUT2D eigenvalue weighted by Gasteiger charge is -2.17. The van der Waals surface area contributed by atoms with Gasteiger partial charge in [-0.1, -0.05) is 15.9 Å². The van der Waals surface area contributed by atoms with E-state index in [-0.39, 0.29) is 11.9 Å². The monoisotopic (exact) mass is 326 g/mol. The summed E-state index contributed by atoms with van der Waals surface area (Å²) in [5.41, 5.74) is 0.659. The van der Waals surface area contributed by atoms with Gasteiger partial charge in [0, 0.05) is 27.7 Å². The minimum Gasteiger partial charge on any atom is -0.301 e. The molecular formula is C13H12BrFN2S. The van der Waals surface area contributed by atoms with Crippen molar-refractivity contribution in [1.29, 1.82) is 0 Å². The van der Waals surface area contributed by atoms with Crippen LogP contribution >= 0.6 is 27.3 Å². The standard InChI is InChI=1S/C13H12BrFN2S/c14-8-1-4-11(15)10(7-8)12(17-9-2-3-9)13-16-5-6-18-13/h1,4-7,9,12,17H,2-3H2. The molecule has 1 unspecified atom stereocenters. The molecule has 1 fully saturated rings. The number of thiazole rings is 1. The summed E-state index contributed by atoms with van der Waals surface area (Å²) >= 11 is 4.95. The van der Waals surface area contributed by atoms with Crippen LogP contribution in [0.4, 0.5) is 4.39 Å². The zero-order chi connectivity index (χ0) is 12.5. The number of rotatable bonds is 4. The molecule has 0 amide bonds. The summed E-state index contributed by atoms with van der Waals surface area (Å²) in [6.45, 7) is 0. The molecule has 94 valence electrons. The SMILES string of the molecule is Fc1ccc(Br)cc1C(NC1CC1)c1nccs1. The predicted molar refractivity (Wildman–Crippen MR) is 74.2 cm³/mol. The third kappa shape index (κ3) is 2.63. The zero-order valence-corrected chi connectivity index (χ0v) is 12.0. The van der Waals surface area contributed by atoms with Gasteiger partial charge in [-0.3, -0.25) is 0 Å². The Morgan fingerprint density at radius 1 is 1.44 bits per heavy atom. The normalized spacial score (nSPS) is 16.8. The number of benzene rings is 1. The highest BCUT2D eigenvalue weighted by Gasteiger charge is 2.29. The quantitative estimate of drug-likeness (QED) is 0.922. The molecule has 2 nitrogen and oxygen atoms in total. The molecule has 1 saturated carbocycles. The summed E-state index contributed by atoms with van der Waals surface area (Å²) in [5, 5.41) is 6.30. The van der Waals surface area contributed by atoms with Crippen molar-refractivity contribution in [1.82, 2.24) is 10.3 Å². The molecule has 3 rings (SSSR count). The summed E-state index contributed by atoms with van der Waals surface area (Å²) in [7, 11) is 0. The average molecular weight is 327 g/mol. The second kappa shape index (κ2) is 5.07. The van der Waals surface area contributed by atoms with Gasteiger partial charge >= 0.3 is 0 Å². The van der Waals surface area contributed by atoms with Crippen LogP contribution in [0.2, 0.25) is 0 Å². The van der Waals surface area contributed by atoms with Crippen LogP contribution < -0.4 is 5.32 Å². The van der Waals surface area contributed by atoms with Crippen molar-refractivity contribution in [2.75, 3.05) is 0 Å². The van der Waals surface area contributed by atoms with Crippen molar-refractivity contribution in [2.24, 2.45) is 0 Å². The number of nitrogens with zero attached hydrogens (tertiary/aromatic N) is 1. The van der Waals surface area contributed by atoms with E-state index in [0.717, 1.165) is 22.3 Å². The van der Waals surface area contributed by atoms with E-state index in [9.17, 15) is 4.39 Å². The summed E-state index contributed by atoms with van der Waals surface area (Å²) < 4.78 is 14.9. The van der Waals surface area contributed by atoms with Crippen molar-refractivity contribution in [2.45, 2.75) is 24.9 Å². The molecule has 1 aliphatic carbocycles. The molecule has 0 aliphatic heterocycles. The fourth-order valence-corrected chi connectivity index (χ4v) is 2.99. The summed E-state index contributed by atoms with van der Waals surface area (Å²) in [6, 6.07) is 5.40. The number of aromatic nitrogens is 1. The lowest BCUT2D eigenvalue weighted by atomic mass is 10.1. The van der Waals surface area contributed by atoms with E-state index in [1.807, 2.05) is 11.4 Å². The van der Waals surface area contributed by atoms with Gasteiger partial charge in [-0.05, 0) is 31.0 Å². The summed E-state index contributed by atoms with van der Waals surface area (Å²) in [5.74, 6) is -0.188. The Bertz CT molecular complexity index is 540. The smallest absolute Gasteiger partial charge is 0.128 e. The van der Waals surface area contributed by atoms with Crippen LogP contribution in [0.1, 0.15) is 29.5 Å². The van der Waals surface area contributed by atoms with Gasteiger partial charge in [0.05, 0.1) is 6.04 Å². The molecule has 5 heteroatoms. The topological polar surface area (TPSA) is 24.9 Å². The van der Waals surface area contributed by atoms with Gasteiger partial charge in [-0.25, -0.2) is 9.37 Å². The predicted octanol–water partition coefficient (Wildman–Crippen LogP) is 3.89. The average Bonchev–Trinajstić information content (AvgIpc) is 3.01. The van der Waals surface area contributed by atoms with E-state index < -0.39 is 0 Å². The number of hydrogen-bond donors (Lipinski definition) is 1. The molecule has 18 heavy (non-hydrogen) atoms. The van der Waals surface area contributed by atoms with E-state index in [1.54, 1.807) is 23.6 Å². The lowest BCUT2D eigenvalue weighted by Crippen LogP contribution is -2.25. The first-order valence-electron chi connectivity index (χ1n) is 5.84. The first-order valence-corrected chi connectivity index (χ1v) is 7.51. The zero-order valence-electron chi connectivity index (χ0n) is 9.57. The first kappa shape index (κ1) is 12.3. The van der Waals surface area contributed by atoms with E-state index in [4.69, 9.17) is 0 Å². The Hall–Kier alpha value is -0.780. The maximum Gasteiger partial charge on any atom is 0.128 e. The van der Waals surface area contributed by atoms with Gasteiger partial charge in [0.15, 0.2) is 0 Å². The van der Waals surface area contributed by atoms with Gasteiger partial charge < -0.3 is 5.32 Å². The van der Waals surface area contributed by atoms with Crippen molar-refractivity contribution < 1.29 is 4.39 Å². The van der Waals surface area contributed by atoms with Crippen LogP contribution in [0.15, 0.2) is 34.2 Å². The molecule has 2 aromatic rings. The maximum absolute atomic E-state index is 14.0. The molecule has 0 bridgehead atoms. The minimum absolute atomic E-state index is 0.144. The molecule has 0 saturated heterocycles. The van der Waals surface area contributed by atoms with Crippen LogP contribution in [0.5, 0.6) is 0 Å². The van der Waals surface area contributed by atoms with Crippen molar-refractivity contribution in [3.63, 3.8) is 0 Å². The highest BCUT2D eigenvalue weighted by molar-refractivity contribution is 9.10. The number of nitrogens with one attached hydrogen (secondary N) is 1. The molecule has 1 aliphatic rings. The minimum atomic E-state index is -0.188.